The molecule has 2 aromatic rings. The van der Waals surface area contributed by atoms with Crippen molar-refractivity contribution >= 4 is 29.6 Å². The number of likely N-dealkylation sites (tertiary alicyclic amines) is 1. The molecule has 2 aromatic carbocycles. The van der Waals surface area contributed by atoms with Gasteiger partial charge in [0, 0.05) is 29.6 Å². The predicted molar refractivity (Wildman–Crippen MR) is 107 cm³/mol. The Labute approximate surface area is 164 Å². The standard InChI is InChI=1S/C21H22ClN3O2/c1-15-5-2-3-8-19(15)21(27)25-11-9-17(10-12-25)20(26)24-23-14-16-6-4-7-18(22)13-16/h2-8,13-14,17H,9-12H2,1H3,(H,24,26)/b23-14-. The minimum atomic E-state index is -0.137. The van der Waals surface area contributed by atoms with Crippen LogP contribution in [0.1, 0.15) is 34.3 Å². The van der Waals surface area contributed by atoms with Crippen LogP contribution in [0.3, 0.4) is 0 Å². The van der Waals surface area contributed by atoms with Gasteiger partial charge >= 0.3 is 0 Å². The van der Waals surface area contributed by atoms with Crippen LogP contribution >= 0.6 is 11.6 Å². The molecule has 140 valence electrons. The molecular weight excluding hydrogens is 362 g/mol. The number of piperidine rings is 1. The number of hydrazone groups is 1. The monoisotopic (exact) mass is 383 g/mol. The summed E-state index contributed by atoms with van der Waals surface area (Å²) in [5.41, 5.74) is 5.11. The highest BCUT2D eigenvalue weighted by Gasteiger charge is 2.28. The molecule has 27 heavy (non-hydrogen) atoms. The first-order valence-corrected chi connectivity index (χ1v) is 9.36. The van der Waals surface area contributed by atoms with Crippen LogP contribution in [0.25, 0.3) is 0 Å². The second-order valence-electron chi connectivity index (χ2n) is 6.67. The quantitative estimate of drug-likeness (QED) is 0.647. The summed E-state index contributed by atoms with van der Waals surface area (Å²) >= 11 is 5.92. The first kappa shape index (κ1) is 19.1. The van der Waals surface area contributed by atoms with Gasteiger partial charge in [0.15, 0.2) is 0 Å². The lowest BCUT2D eigenvalue weighted by molar-refractivity contribution is -0.126. The summed E-state index contributed by atoms with van der Waals surface area (Å²) < 4.78 is 0. The van der Waals surface area contributed by atoms with E-state index in [4.69, 9.17) is 11.6 Å². The Hall–Kier alpha value is -2.66. The Bertz CT molecular complexity index is 858. The van der Waals surface area contributed by atoms with Crippen LogP contribution < -0.4 is 5.43 Å². The van der Waals surface area contributed by atoms with E-state index in [2.05, 4.69) is 10.5 Å². The zero-order chi connectivity index (χ0) is 19.2. The fourth-order valence-corrected chi connectivity index (χ4v) is 3.38. The van der Waals surface area contributed by atoms with E-state index in [1.54, 1.807) is 18.3 Å². The number of nitrogens with zero attached hydrogens (tertiary/aromatic N) is 2. The number of halogens is 1. The Morgan fingerprint density at radius 3 is 2.59 bits per heavy atom. The van der Waals surface area contributed by atoms with Gasteiger partial charge in [-0.15, -0.1) is 0 Å². The molecule has 1 aliphatic rings. The average Bonchev–Trinajstić information content (AvgIpc) is 2.68. The number of benzene rings is 2. The van der Waals surface area contributed by atoms with Gasteiger partial charge in [-0.25, -0.2) is 5.43 Å². The van der Waals surface area contributed by atoms with Gasteiger partial charge in [0.1, 0.15) is 0 Å². The molecule has 5 nitrogen and oxygen atoms in total. The van der Waals surface area contributed by atoms with E-state index < -0.39 is 0 Å². The number of hydrogen-bond donors (Lipinski definition) is 1. The largest absolute Gasteiger partial charge is 0.339 e. The number of carbonyl (C=O) groups excluding carboxylic acids is 2. The summed E-state index contributed by atoms with van der Waals surface area (Å²) in [6.07, 6.45) is 2.84. The highest BCUT2D eigenvalue weighted by atomic mass is 35.5. The van der Waals surface area contributed by atoms with Crippen molar-refractivity contribution in [3.63, 3.8) is 0 Å². The van der Waals surface area contributed by atoms with Crippen molar-refractivity contribution in [1.29, 1.82) is 0 Å². The molecule has 0 unspecified atom stereocenters. The molecule has 1 N–H and O–H groups in total. The molecule has 1 saturated heterocycles. The fourth-order valence-electron chi connectivity index (χ4n) is 3.18. The fraction of sp³-hybridized carbons (Fsp3) is 0.286. The summed E-state index contributed by atoms with van der Waals surface area (Å²) in [6.45, 7) is 3.08. The topological polar surface area (TPSA) is 61.8 Å². The number of aryl methyl sites for hydroxylation is 1. The van der Waals surface area contributed by atoms with E-state index in [9.17, 15) is 9.59 Å². The maximum atomic E-state index is 12.6. The van der Waals surface area contributed by atoms with Crippen LogP contribution in [-0.2, 0) is 4.79 Å². The maximum absolute atomic E-state index is 12.6. The van der Waals surface area contributed by atoms with Crippen LogP contribution in [0.15, 0.2) is 53.6 Å². The lowest BCUT2D eigenvalue weighted by Gasteiger charge is -2.31. The van der Waals surface area contributed by atoms with Crippen LogP contribution in [0.5, 0.6) is 0 Å². The van der Waals surface area contributed by atoms with Crippen molar-refractivity contribution in [1.82, 2.24) is 10.3 Å². The molecule has 0 radical (unpaired) electrons. The Balaban J connectivity index is 1.50. The first-order valence-electron chi connectivity index (χ1n) is 8.98. The molecule has 2 amide bonds. The molecule has 0 atom stereocenters. The van der Waals surface area contributed by atoms with Crippen molar-refractivity contribution in [3.05, 3.63) is 70.2 Å². The van der Waals surface area contributed by atoms with Gasteiger partial charge < -0.3 is 4.90 Å². The van der Waals surface area contributed by atoms with Crippen molar-refractivity contribution in [2.45, 2.75) is 19.8 Å². The third-order valence-corrected chi connectivity index (χ3v) is 5.00. The van der Waals surface area contributed by atoms with E-state index in [1.807, 2.05) is 48.2 Å². The van der Waals surface area contributed by atoms with Gasteiger partial charge in [0.2, 0.25) is 5.91 Å². The molecule has 0 aromatic heterocycles. The van der Waals surface area contributed by atoms with Crippen LogP contribution in [0.4, 0.5) is 0 Å². The molecule has 1 aliphatic heterocycles. The molecule has 1 fully saturated rings. The summed E-state index contributed by atoms with van der Waals surface area (Å²) in [6, 6.07) is 14.8. The SMILES string of the molecule is Cc1ccccc1C(=O)N1CCC(C(=O)N/N=C\c2cccc(Cl)c2)CC1. The summed E-state index contributed by atoms with van der Waals surface area (Å²) in [4.78, 5) is 26.8. The second-order valence-corrected chi connectivity index (χ2v) is 7.11. The van der Waals surface area contributed by atoms with Crippen LogP contribution in [0, 0.1) is 12.8 Å². The van der Waals surface area contributed by atoms with Crippen molar-refractivity contribution in [3.8, 4) is 0 Å². The van der Waals surface area contributed by atoms with Crippen molar-refractivity contribution < 1.29 is 9.59 Å². The Morgan fingerprint density at radius 2 is 1.89 bits per heavy atom. The Kier molecular flexibility index (Phi) is 6.24. The van der Waals surface area contributed by atoms with Crippen molar-refractivity contribution in [2.75, 3.05) is 13.1 Å². The van der Waals surface area contributed by atoms with Crippen molar-refractivity contribution in [2.24, 2.45) is 11.0 Å². The zero-order valence-electron chi connectivity index (χ0n) is 15.2. The molecule has 1 heterocycles. The van der Waals surface area contributed by atoms with Gasteiger partial charge in [-0.1, -0.05) is 41.9 Å². The third-order valence-electron chi connectivity index (χ3n) is 4.77. The highest BCUT2D eigenvalue weighted by Crippen LogP contribution is 2.20. The van der Waals surface area contributed by atoms with Crippen LogP contribution in [0.2, 0.25) is 5.02 Å². The third kappa shape index (κ3) is 4.95. The lowest BCUT2D eigenvalue weighted by atomic mass is 9.95. The predicted octanol–water partition coefficient (Wildman–Crippen LogP) is 3.65. The van der Waals surface area contributed by atoms with E-state index in [0.29, 0.717) is 31.0 Å². The minimum absolute atomic E-state index is 0.0333. The smallest absolute Gasteiger partial charge is 0.254 e. The van der Waals surface area contributed by atoms with Gasteiger partial charge in [0.05, 0.1) is 6.21 Å². The lowest BCUT2D eigenvalue weighted by Crippen LogP contribution is -2.42. The molecule has 6 heteroatoms. The molecule has 0 bridgehead atoms. The minimum Gasteiger partial charge on any atom is -0.339 e. The molecular formula is C21H22ClN3O2. The summed E-state index contributed by atoms with van der Waals surface area (Å²) in [7, 11) is 0. The van der Waals surface area contributed by atoms with Gasteiger partial charge in [-0.05, 0) is 49.1 Å². The first-order chi connectivity index (χ1) is 13.0. The second kappa shape index (κ2) is 8.82. The van der Waals surface area contributed by atoms with Crippen LogP contribution in [-0.4, -0.2) is 36.0 Å². The van der Waals surface area contributed by atoms with E-state index in [-0.39, 0.29) is 17.7 Å². The number of hydrogen-bond acceptors (Lipinski definition) is 3. The molecule has 0 aliphatic carbocycles. The zero-order valence-corrected chi connectivity index (χ0v) is 15.9. The summed E-state index contributed by atoms with van der Waals surface area (Å²) in [5, 5.41) is 4.63. The number of carbonyl (C=O) groups is 2. The normalized spacial score (nSPS) is 15.1. The maximum Gasteiger partial charge on any atom is 0.254 e. The number of rotatable bonds is 4. The average molecular weight is 384 g/mol. The number of amides is 2. The van der Waals surface area contributed by atoms with Gasteiger partial charge in [-0.3, -0.25) is 9.59 Å². The summed E-state index contributed by atoms with van der Waals surface area (Å²) in [5.74, 6) is -0.218. The molecule has 3 rings (SSSR count). The van der Waals surface area contributed by atoms with Gasteiger partial charge in [-0.2, -0.15) is 5.10 Å². The van der Waals surface area contributed by atoms with E-state index in [0.717, 1.165) is 16.7 Å². The Morgan fingerprint density at radius 1 is 1.15 bits per heavy atom. The van der Waals surface area contributed by atoms with E-state index >= 15 is 0 Å². The van der Waals surface area contributed by atoms with Gasteiger partial charge in [0.25, 0.3) is 5.91 Å². The molecule has 0 saturated carbocycles. The molecule has 0 spiro atoms. The number of nitrogens with one attached hydrogen (secondary N) is 1. The van der Waals surface area contributed by atoms with E-state index in [1.165, 1.54) is 0 Å². The highest BCUT2D eigenvalue weighted by molar-refractivity contribution is 6.30.